The van der Waals surface area contributed by atoms with Crippen molar-refractivity contribution in [3.05, 3.63) is 0 Å². The van der Waals surface area contributed by atoms with Crippen molar-refractivity contribution >= 4 is 10.2 Å². The molecule has 0 saturated carbocycles. The first-order valence-electron chi connectivity index (χ1n) is 5.54. The molecule has 16 heavy (non-hydrogen) atoms. The van der Waals surface area contributed by atoms with E-state index in [1.54, 1.807) is 0 Å². The maximum atomic E-state index is 11.9. The highest BCUT2D eigenvalue weighted by atomic mass is 32.2. The zero-order valence-corrected chi connectivity index (χ0v) is 11.0. The number of hydrogen-bond acceptors (Lipinski definition) is 4. The first-order valence-corrected chi connectivity index (χ1v) is 6.98. The highest BCUT2D eigenvalue weighted by Crippen LogP contribution is 2.01. The molecule has 1 unspecified atom stereocenters. The molecule has 0 spiro atoms. The summed E-state index contributed by atoms with van der Waals surface area (Å²) < 4.78 is 28.1. The average Bonchev–Trinajstić information content (AvgIpc) is 2.16. The van der Waals surface area contributed by atoms with Crippen LogP contribution in [-0.4, -0.2) is 70.5 Å². The van der Waals surface area contributed by atoms with Gasteiger partial charge in [-0.05, 0) is 21.0 Å². The van der Waals surface area contributed by atoms with Crippen LogP contribution in [0.1, 0.15) is 6.92 Å². The van der Waals surface area contributed by atoms with E-state index in [1.807, 2.05) is 25.9 Å². The summed E-state index contributed by atoms with van der Waals surface area (Å²) in [5.41, 5.74) is 0. The molecule has 0 aliphatic carbocycles. The number of nitrogens with one attached hydrogen (secondary N) is 2. The molecule has 96 valence electrons. The molecule has 0 aromatic heterocycles. The molecule has 1 rings (SSSR count). The number of likely N-dealkylation sites (N-methyl/N-ethyl adjacent to an activating group) is 1. The SMILES string of the molecule is CC(CN(C)C)NS(=O)(=O)N1CCNCC1. The third kappa shape index (κ3) is 4.34. The lowest BCUT2D eigenvalue weighted by molar-refractivity contribution is 0.337. The lowest BCUT2D eigenvalue weighted by Crippen LogP contribution is -2.53. The minimum absolute atomic E-state index is 0.0742. The molecule has 1 aliphatic heterocycles. The number of rotatable bonds is 5. The fourth-order valence-corrected chi connectivity index (χ4v) is 3.19. The topological polar surface area (TPSA) is 64.7 Å². The fraction of sp³-hybridized carbons (Fsp3) is 1.00. The van der Waals surface area contributed by atoms with E-state index in [0.29, 0.717) is 19.6 Å². The summed E-state index contributed by atoms with van der Waals surface area (Å²) >= 11 is 0. The van der Waals surface area contributed by atoms with Crippen molar-refractivity contribution in [1.82, 2.24) is 19.2 Å². The van der Waals surface area contributed by atoms with E-state index in [-0.39, 0.29) is 6.04 Å². The summed E-state index contributed by atoms with van der Waals surface area (Å²) in [5.74, 6) is 0. The van der Waals surface area contributed by atoms with Crippen LogP contribution in [0.5, 0.6) is 0 Å². The van der Waals surface area contributed by atoms with Gasteiger partial charge in [0.15, 0.2) is 0 Å². The summed E-state index contributed by atoms with van der Waals surface area (Å²) in [5, 5.41) is 3.13. The van der Waals surface area contributed by atoms with Gasteiger partial charge in [0.2, 0.25) is 0 Å². The predicted octanol–water partition coefficient (Wildman–Crippen LogP) is -1.32. The minimum Gasteiger partial charge on any atom is -0.314 e. The van der Waals surface area contributed by atoms with Crippen LogP contribution in [-0.2, 0) is 10.2 Å². The molecule has 1 fully saturated rings. The second-order valence-corrected chi connectivity index (χ2v) is 6.14. The van der Waals surface area contributed by atoms with Crippen LogP contribution in [0.2, 0.25) is 0 Å². The third-order valence-corrected chi connectivity index (χ3v) is 4.15. The minimum atomic E-state index is -3.31. The molecule has 0 aromatic rings. The summed E-state index contributed by atoms with van der Waals surface area (Å²) in [6.45, 7) is 5.12. The van der Waals surface area contributed by atoms with Gasteiger partial charge in [0.1, 0.15) is 0 Å². The maximum Gasteiger partial charge on any atom is 0.279 e. The van der Waals surface area contributed by atoms with Crippen LogP contribution < -0.4 is 10.0 Å². The first-order chi connectivity index (χ1) is 7.42. The lowest BCUT2D eigenvalue weighted by atomic mass is 10.3. The van der Waals surface area contributed by atoms with Gasteiger partial charge >= 0.3 is 0 Å². The fourth-order valence-electron chi connectivity index (χ4n) is 1.80. The third-order valence-electron chi connectivity index (χ3n) is 2.41. The second-order valence-electron chi connectivity index (χ2n) is 4.44. The van der Waals surface area contributed by atoms with Gasteiger partial charge in [-0.25, -0.2) is 0 Å². The Bertz CT molecular complexity index is 299. The molecule has 1 saturated heterocycles. The normalized spacial score (nSPS) is 21.2. The molecule has 1 atom stereocenters. The lowest BCUT2D eigenvalue weighted by Gasteiger charge is -2.28. The smallest absolute Gasteiger partial charge is 0.279 e. The van der Waals surface area contributed by atoms with Crippen molar-refractivity contribution < 1.29 is 8.42 Å². The highest BCUT2D eigenvalue weighted by molar-refractivity contribution is 7.87. The molecule has 0 aromatic carbocycles. The van der Waals surface area contributed by atoms with Gasteiger partial charge in [-0.1, -0.05) is 0 Å². The summed E-state index contributed by atoms with van der Waals surface area (Å²) in [4.78, 5) is 1.96. The van der Waals surface area contributed by atoms with Gasteiger partial charge in [0, 0.05) is 38.8 Å². The number of hydrogen-bond donors (Lipinski definition) is 2. The molecule has 1 heterocycles. The molecular formula is C9H22N4O2S. The van der Waals surface area contributed by atoms with Crippen molar-refractivity contribution in [1.29, 1.82) is 0 Å². The van der Waals surface area contributed by atoms with Crippen LogP contribution in [0.4, 0.5) is 0 Å². The molecule has 0 radical (unpaired) electrons. The Labute approximate surface area is 98.2 Å². The Morgan fingerprint density at radius 2 is 1.94 bits per heavy atom. The van der Waals surface area contributed by atoms with Gasteiger partial charge in [-0.3, -0.25) is 0 Å². The quantitative estimate of drug-likeness (QED) is 0.635. The number of nitrogens with zero attached hydrogens (tertiary/aromatic N) is 2. The van der Waals surface area contributed by atoms with Crippen LogP contribution >= 0.6 is 0 Å². The Balaban J connectivity index is 2.49. The van der Waals surface area contributed by atoms with Crippen molar-refractivity contribution in [3.8, 4) is 0 Å². The van der Waals surface area contributed by atoms with Crippen molar-refractivity contribution in [2.45, 2.75) is 13.0 Å². The van der Waals surface area contributed by atoms with Gasteiger partial charge in [0.25, 0.3) is 10.2 Å². The van der Waals surface area contributed by atoms with E-state index in [9.17, 15) is 8.42 Å². The Morgan fingerprint density at radius 3 is 2.44 bits per heavy atom. The van der Waals surface area contributed by atoms with E-state index in [1.165, 1.54) is 4.31 Å². The van der Waals surface area contributed by atoms with E-state index < -0.39 is 10.2 Å². The summed E-state index contributed by atoms with van der Waals surface area (Å²) in [7, 11) is 0.541. The summed E-state index contributed by atoms with van der Waals surface area (Å²) in [6.07, 6.45) is 0. The van der Waals surface area contributed by atoms with E-state index in [2.05, 4.69) is 10.0 Å². The van der Waals surface area contributed by atoms with Crippen LogP contribution in [0.3, 0.4) is 0 Å². The van der Waals surface area contributed by atoms with Gasteiger partial charge in [-0.15, -0.1) is 0 Å². The predicted molar refractivity (Wildman–Crippen MR) is 64.5 cm³/mol. The van der Waals surface area contributed by atoms with Gasteiger partial charge < -0.3 is 10.2 Å². The largest absolute Gasteiger partial charge is 0.314 e. The van der Waals surface area contributed by atoms with E-state index >= 15 is 0 Å². The van der Waals surface area contributed by atoms with Crippen LogP contribution in [0.25, 0.3) is 0 Å². The van der Waals surface area contributed by atoms with Gasteiger partial charge in [-0.2, -0.15) is 17.4 Å². The monoisotopic (exact) mass is 250 g/mol. The van der Waals surface area contributed by atoms with E-state index in [0.717, 1.165) is 13.1 Å². The molecular weight excluding hydrogens is 228 g/mol. The van der Waals surface area contributed by atoms with Crippen LogP contribution in [0, 0.1) is 0 Å². The molecule has 0 bridgehead atoms. The molecule has 1 aliphatic rings. The standard InChI is InChI=1S/C9H22N4O2S/c1-9(8-12(2)3)11-16(14,15)13-6-4-10-5-7-13/h9-11H,4-8H2,1-3H3. The van der Waals surface area contributed by atoms with Crippen molar-refractivity contribution in [3.63, 3.8) is 0 Å². The van der Waals surface area contributed by atoms with Crippen molar-refractivity contribution in [2.75, 3.05) is 46.8 Å². The highest BCUT2D eigenvalue weighted by Gasteiger charge is 2.25. The maximum absolute atomic E-state index is 11.9. The number of piperazine rings is 1. The molecule has 6 nitrogen and oxygen atoms in total. The average molecular weight is 250 g/mol. The first kappa shape index (κ1) is 13.9. The summed E-state index contributed by atoms with van der Waals surface area (Å²) in [6, 6.07) is -0.0742. The van der Waals surface area contributed by atoms with Crippen molar-refractivity contribution in [2.24, 2.45) is 0 Å². The van der Waals surface area contributed by atoms with Crippen LogP contribution in [0.15, 0.2) is 0 Å². The Kier molecular flexibility index (Phi) is 5.13. The molecule has 7 heteroatoms. The Hall–Kier alpha value is -0.210. The second kappa shape index (κ2) is 5.92. The molecule has 2 N–H and O–H groups in total. The zero-order chi connectivity index (χ0) is 12.2. The molecule has 0 amide bonds. The Morgan fingerprint density at radius 1 is 1.38 bits per heavy atom. The van der Waals surface area contributed by atoms with Gasteiger partial charge in [0.05, 0.1) is 0 Å². The zero-order valence-electron chi connectivity index (χ0n) is 10.2. The van der Waals surface area contributed by atoms with E-state index in [4.69, 9.17) is 0 Å².